The number of aromatic hydroxyl groups is 2. The van der Waals surface area contributed by atoms with E-state index >= 15 is 0 Å². The van der Waals surface area contributed by atoms with Crippen LogP contribution < -0.4 is 37.6 Å². The van der Waals surface area contributed by atoms with Crippen molar-refractivity contribution < 1.29 is 53.6 Å². The van der Waals surface area contributed by atoms with Crippen LogP contribution in [0.15, 0.2) is 84.9 Å². The third-order valence-corrected chi connectivity index (χ3v) is 11.0. The zero-order valence-corrected chi connectivity index (χ0v) is 45.1. The largest absolute Gasteiger partial charge is 0.507 e. The van der Waals surface area contributed by atoms with E-state index in [0.29, 0.717) is 17.7 Å². The van der Waals surface area contributed by atoms with Gasteiger partial charge in [-0.15, -0.1) is 0 Å². The summed E-state index contributed by atoms with van der Waals surface area (Å²) in [7, 11) is 5.11. The molecule has 0 aromatic heterocycles. The van der Waals surface area contributed by atoms with Crippen LogP contribution in [-0.4, -0.2) is 127 Å². The number of phenols is 2. The lowest BCUT2D eigenvalue weighted by Gasteiger charge is -2.29. The number of carboxylic acid groups (broad SMARTS) is 1. The monoisotopic (exact) mass is 1040 g/mol. The standard InChI is InChI=1S/C42H45N5O9.C8H17NO2.C4H11N.C2H7N/c1-3-4-5-25-6-9-27(10-7-25)28-11-13-29(14-12-28)40(53)44-23-36(50)43-19-18-38(52)47(2)39-30-15-17-35(49)32(22-30)31-20-26(8-16-34(31)48)21-33(42(55)56)46-37(51)24-45-41(39)54;1-5-6-9-7(10)11-8(2,3)4;1-2-3-4-5;1-3-2/h6-17,20,22,33,39,48-49H,3-5,18-19,21,23-24H2,1-2H3,(H,43,50)(H,44,53)(H,45,54)(H,46,51)(H,55,56);5-6H2,1-4H3,(H,9,10);2-5H2,1H3;3H,1-2H3. The van der Waals surface area contributed by atoms with Gasteiger partial charge >= 0.3 is 12.1 Å². The van der Waals surface area contributed by atoms with Gasteiger partial charge in [-0.2, -0.15) is 0 Å². The number of carboxylic acids is 1. The number of carbonyl (C=O) groups is 7. The van der Waals surface area contributed by atoms with Crippen LogP contribution in [0.3, 0.4) is 0 Å². The topological polar surface area (TPSA) is 291 Å². The number of alkyl carbamates (subject to hydrolysis) is 1. The first kappa shape index (κ1) is 63.6. The molecule has 6 amide bonds. The molecule has 0 aliphatic carbocycles. The third kappa shape index (κ3) is 23.1. The number of amides is 6. The molecular formula is C56H80N8O11. The van der Waals surface area contributed by atoms with Crippen LogP contribution in [0, 0.1) is 0 Å². The Bertz CT molecular complexity index is 2460. The van der Waals surface area contributed by atoms with Crippen molar-refractivity contribution in [2.75, 3.05) is 53.9 Å². The summed E-state index contributed by atoms with van der Waals surface area (Å²) in [6.45, 7) is 12.3. The molecule has 1 heterocycles. The van der Waals surface area contributed by atoms with Crippen LogP contribution in [0.2, 0.25) is 0 Å². The van der Waals surface area contributed by atoms with Crippen molar-refractivity contribution >= 4 is 41.6 Å². The van der Waals surface area contributed by atoms with Crippen LogP contribution in [0.5, 0.6) is 11.5 Å². The number of nitrogens with zero attached hydrogens (tertiary/aromatic N) is 1. The Morgan fingerprint density at radius 2 is 1.36 bits per heavy atom. The van der Waals surface area contributed by atoms with Gasteiger partial charge in [0.1, 0.15) is 29.2 Å². The maximum atomic E-state index is 13.6. The van der Waals surface area contributed by atoms with Gasteiger partial charge in [0.05, 0.1) is 13.1 Å². The molecule has 2 atom stereocenters. The van der Waals surface area contributed by atoms with Crippen LogP contribution in [0.1, 0.15) is 113 Å². The first-order valence-electron chi connectivity index (χ1n) is 25.3. The third-order valence-electron chi connectivity index (χ3n) is 11.0. The molecule has 0 saturated heterocycles. The highest BCUT2D eigenvalue weighted by Crippen LogP contribution is 2.38. The lowest BCUT2D eigenvalue weighted by Crippen LogP contribution is -2.49. The molecule has 0 spiro atoms. The predicted molar refractivity (Wildman–Crippen MR) is 291 cm³/mol. The minimum Gasteiger partial charge on any atom is -0.507 e. The summed E-state index contributed by atoms with van der Waals surface area (Å²) in [5.41, 5.74) is 9.31. The van der Waals surface area contributed by atoms with Gasteiger partial charge in [-0.25, -0.2) is 9.59 Å². The summed E-state index contributed by atoms with van der Waals surface area (Å²) in [6.07, 6.45) is 5.89. The first-order chi connectivity index (χ1) is 35.6. The van der Waals surface area contributed by atoms with Crippen LogP contribution in [0.25, 0.3) is 22.3 Å². The molecule has 4 aromatic carbocycles. The molecule has 19 heteroatoms. The average molecular weight is 1040 g/mol. The van der Waals surface area contributed by atoms with Crippen molar-refractivity contribution in [3.63, 3.8) is 0 Å². The van der Waals surface area contributed by atoms with Gasteiger partial charge in [0.15, 0.2) is 0 Å². The first-order valence-corrected chi connectivity index (χ1v) is 25.3. The SMILES string of the molecule is CCCCN.CCCCc1ccc(-c2ccc(C(=O)NCC(=O)NCCC(=O)N(C)C3C(=O)NCC(=O)NC(C(=O)O)Cc4ccc(O)c(c4)-c4cc3ccc4O)cc2)cc1.CCCNC(=O)OC(C)(C)C.CNC. The second-order valence-corrected chi connectivity index (χ2v) is 18.6. The Labute approximate surface area is 441 Å². The van der Waals surface area contributed by atoms with Gasteiger partial charge in [-0.3, -0.25) is 24.0 Å². The predicted octanol–water partition coefficient (Wildman–Crippen LogP) is 5.95. The molecule has 11 N–H and O–H groups in total. The number of aliphatic carboxylic acids is 1. The summed E-state index contributed by atoms with van der Waals surface area (Å²) in [5, 5.41) is 46.5. The molecule has 4 aromatic rings. The number of aryl methyl sites for hydroxylation is 1. The van der Waals surface area contributed by atoms with E-state index in [-0.39, 0.29) is 60.2 Å². The number of unbranched alkanes of at least 4 members (excludes halogenated alkanes) is 2. The number of benzene rings is 4. The number of nitrogens with two attached hydrogens (primary N) is 1. The Kier molecular flexibility index (Phi) is 28.3. The zero-order valence-electron chi connectivity index (χ0n) is 45.1. The van der Waals surface area contributed by atoms with E-state index in [4.69, 9.17) is 10.5 Å². The minimum atomic E-state index is -1.36. The van der Waals surface area contributed by atoms with E-state index in [9.17, 15) is 48.9 Å². The van der Waals surface area contributed by atoms with Gasteiger partial charge in [0.25, 0.3) is 5.91 Å². The smallest absolute Gasteiger partial charge is 0.407 e. The molecule has 75 heavy (non-hydrogen) atoms. The fraction of sp³-hybridized carbons (Fsp3) is 0.446. The fourth-order valence-corrected chi connectivity index (χ4v) is 7.12. The Balaban J connectivity index is 0.000000861. The highest BCUT2D eigenvalue weighted by Gasteiger charge is 2.31. The van der Waals surface area contributed by atoms with Crippen LogP contribution in [0.4, 0.5) is 4.79 Å². The zero-order chi connectivity index (χ0) is 56.1. The number of rotatable bonds is 16. The molecule has 410 valence electrons. The fourth-order valence-electron chi connectivity index (χ4n) is 7.12. The highest BCUT2D eigenvalue weighted by molar-refractivity contribution is 5.97. The number of fused-ring (bicyclic) bond motifs is 5. The quantitative estimate of drug-likeness (QED) is 0.0621. The Morgan fingerprint density at radius 3 is 1.91 bits per heavy atom. The van der Waals surface area contributed by atoms with Crippen molar-refractivity contribution in [3.8, 4) is 33.8 Å². The van der Waals surface area contributed by atoms with Gasteiger partial charge in [-0.05, 0) is 131 Å². The van der Waals surface area contributed by atoms with Crippen molar-refractivity contribution in [1.29, 1.82) is 0 Å². The number of ether oxygens (including phenoxy) is 1. The minimum absolute atomic E-state index is 0.117. The molecule has 1 aliphatic rings. The highest BCUT2D eigenvalue weighted by atomic mass is 16.6. The Hall–Kier alpha value is -7.51. The van der Waals surface area contributed by atoms with Gasteiger partial charge in [0, 0.05) is 49.7 Å². The van der Waals surface area contributed by atoms with E-state index in [1.807, 2.05) is 53.9 Å². The van der Waals surface area contributed by atoms with Gasteiger partial charge in [0.2, 0.25) is 23.6 Å². The molecule has 4 bridgehead atoms. The van der Waals surface area contributed by atoms with E-state index in [1.54, 1.807) is 12.1 Å². The van der Waals surface area contributed by atoms with Crippen LogP contribution >= 0.6 is 0 Å². The maximum Gasteiger partial charge on any atom is 0.407 e. The average Bonchev–Trinajstić information content (AvgIpc) is 3.37. The summed E-state index contributed by atoms with van der Waals surface area (Å²) in [5.74, 6) is -4.93. The molecule has 0 fully saturated rings. The maximum absolute atomic E-state index is 13.6. The van der Waals surface area contributed by atoms with Crippen molar-refractivity contribution in [2.45, 2.75) is 111 Å². The Morgan fingerprint density at radius 1 is 0.773 bits per heavy atom. The number of carbonyl (C=O) groups excluding carboxylic acids is 6. The van der Waals surface area contributed by atoms with Crippen molar-refractivity contribution in [3.05, 3.63) is 107 Å². The molecular weight excluding hydrogens is 961 g/mol. The van der Waals surface area contributed by atoms with E-state index < -0.39 is 59.7 Å². The van der Waals surface area contributed by atoms with Crippen molar-refractivity contribution in [1.82, 2.24) is 36.8 Å². The number of nitrogens with one attached hydrogen (secondary N) is 6. The lowest BCUT2D eigenvalue weighted by molar-refractivity contribution is -0.142. The second-order valence-electron chi connectivity index (χ2n) is 18.6. The summed E-state index contributed by atoms with van der Waals surface area (Å²) >= 11 is 0. The van der Waals surface area contributed by atoms with Gasteiger partial charge < -0.3 is 62.6 Å². The molecule has 2 unspecified atom stereocenters. The summed E-state index contributed by atoms with van der Waals surface area (Å²) < 4.78 is 4.99. The molecule has 5 rings (SSSR count). The number of likely N-dealkylation sites (N-methyl/N-ethyl adjacent to an activating group) is 1. The van der Waals surface area contributed by atoms with E-state index in [0.717, 1.165) is 48.3 Å². The van der Waals surface area contributed by atoms with Crippen molar-refractivity contribution in [2.24, 2.45) is 5.73 Å². The normalized spacial score (nSPS) is 13.9. The molecule has 0 saturated carbocycles. The second kappa shape index (κ2) is 33.3. The van der Waals surface area contributed by atoms with E-state index in [1.165, 1.54) is 61.9 Å². The molecule has 0 radical (unpaired) electrons. The number of phenolic OH excluding ortho intramolecular Hbond substituents is 2. The van der Waals surface area contributed by atoms with Crippen LogP contribution in [-0.2, 0) is 41.6 Å². The number of hydrogen-bond acceptors (Lipinski definition) is 12. The summed E-state index contributed by atoms with van der Waals surface area (Å²) in [6, 6.07) is 21.1. The lowest BCUT2D eigenvalue weighted by atomic mass is 9.94. The van der Waals surface area contributed by atoms with Gasteiger partial charge in [-0.1, -0.05) is 82.1 Å². The molecule has 19 nitrogen and oxygen atoms in total. The molecule has 1 aliphatic heterocycles. The summed E-state index contributed by atoms with van der Waals surface area (Å²) in [4.78, 5) is 89.0. The van der Waals surface area contributed by atoms with E-state index in [2.05, 4.69) is 70.0 Å². The number of hydrogen-bond donors (Lipinski definition) is 10.